The molecule has 2 aromatic rings. The number of rotatable bonds is 5. The molecule has 0 amide bonds. The average Bonchev–Trinajstić information content (AvgIpc) is 2.38. The van der Waals surface area contributed by atoms with E-state index in [2.05, 4.69) is 77.1 Å². The van der Waals surface area contributed by atoms with E-state index in [1.807, 2.05) is 0 Å². The summed E-state index contributed by atoms with van der Waals surface area (Å²) in [5, 5.41) is 3.73. The molecule has 0 radical (unpaired) electrons. The molecule has 0 atom stereocenters. The van der Waals surface area contributed by atoms with E-state index in [-0.39, 0.29) is 0 Å². The van der Waals surface area contributed by atoms with Crippen molar-refractivity contribution in [1.29, 1.82) is 0 Å². The second-order valence-electron chi connectivity index (χ2n) is 4.89. The topological polar surface area (TPSA) is 3.24 Å². The summed E-state index contributed by atoms with van der Waals surface area (Å²) < 4.78 is 0. The van der Waals surface area contributed by atoms with Crippen LogP contribution in [-0.4, -0.2) is 22.8 Å². The SMILES string of the molecule is CC(C)N(CCBr)Cc1cccc2ccccc12. The Morgan fingerprint density at radius 1 is 1.06 bits per heavy atom. The summed E-state index contributed by atoms with van der Waals surface area (Å²) in [6.45, 7) is 6.62. The van der Waals surface area contributed by atoms with Gasteiger partial charge in [0.25, 0.3) is 0 Å². The number of hydrogen-bond donors (Lipinski definition) is 0. The molecule has 0 heterocycles. The van der Waals surface area contributed by atoms with Gasteiger partial charge in [0.15, 0.2) is 0 Å². The number of hydrogen-bond acceptors (Lipinski definition) is 1. The highest BCUT2D eigenvalue weighted by Crippen LogP contribution is 2.20. The van der Waals surface area contributed by atoms with Crippen LogP contribution in [0.4, 0.5) is 0 Å². The molecule has 0 aliphatic carbocycles. The third-order valence-corrected chi connectivity index (χ3v) is 3.71. The molecule has 0 bridgehead atoms. The summed E-state index contributed by atoms with van der Waals surface area (Å²) in [4.78, 5) is 2.50. The summed E-state index contributed by atoms with van der Waals surface area (Å²) in [5.41, 5.74) is 1.42. The Bertz CT molecular complexity index is 502. The quantitative estimate of drug-likeness (QED) is 0.738. The second-order valence-corrected chi connectivity index (χ2v) is 5.68. The standard InChI is InChI=1S/C16H20BrN/c1-13(2)18(11-10-17)12-15-8-5-7-14-6-3-4-9-16(14)15/h3-9,13H,10-12H2,1-2H3. The van der Waals surface area contributed by atoms with Crippen molar-refractivity contribution in [3.05, 3.63) is 48.0 Å². The molecule has 1 nitrogen and oxygen atoms in total. The lowest BCUT2D eigenvalue weighted by Crippen LogP contribution is -2.32. The number of alkyl halides is 1. The maximum atomic E-state index is 3.54. The van der Waals surface area contributed by atoms with Crippen LogP contribution < -0.4 is 0 Å². The highest BCUT2D eigenvalue weighted by molar-refractivity contribution is 9.09. The minimum absolute atomic E-state index is 0.571. The summed E-state index contributed by atoms with van der Waals surface area (Å²) in [6, 6.07) is 15.8. The van der Waals surface area contributed by atoms with Gasteiger partial charge in [0, 0.05) is 24.5 Å². The Labute approximate surface area is 118 Å². The first kappa shape index (κ1) is 13.6. The molecule has 2 rings (SSSR count). The van der Waals surface area contributed by atoms with E-state index in [1.54, 1.807) is 0 Å². The van der Waals surface area contributed by atoms with Gasteiger partial charge in [-0.05, 0) is 30.2 Å². The minimum atomic E-state index is 0.571. The van der Waals surface area contributed by atoms with E-state index in [9.17, 15) is 0 Å². The predicted octanol–water partition coefficient (Wildman–Crippen LogP) is 4.45. The molecule has 2 heteroatoms. The van der Waals surface area contributed by atoms with Crippen LogP contribution in [0.5, 0.6) is 0 Å². The van der Waals surface area contributed by atoms with Gasteiger partial charge in [-0.15, -0.1) is 0 Å². The lowest BCUT2D eigenvalue weighted by atomic mass is 10.0. The van der Waals surface area contributed by atoms with Crippen molar-refractivity contribution in [3.8, 4) is 0 Å². The molecule has 0 saturated carbocycles. The Hall–Kier alpha value is -0.860. The highest BCUT2D eigenvalue weighted by Gasteiger charge is 2.10. The fourth-order valence-electron chi connectivity index (χ4n) is 2.28. The molecule has 0 saturated heterocycles. The van der Waals surface area contributed by atoms with Gasteiger partial charge in [0.05, 0.1) is 0 Å². The Kier molecular flexibility index (Phi) is 4.79. The van der Waals surface area contributed by atoms with Gasteiger partial charge in [-0.1, -0.05) is 58.4 Å². The summed E-state index contributed by atoms with van der Waals surface area (Å²) in [5.74, 6) is 0. The first-order chi connectivity index (χ1) is 8.72. The molecule has 0 fully saturated rings. The molecule has 0 aliphatic heterocycles. The molecular weight excluding hydrogens is 286 g/mol. The van der Waals surface area contributed by atoms with E-state index < -0.39 is 0 Å². The maximum absolute atomic E-state index is 3.54. The predicted molar refractivity (Wildman–Crippen MR) is 83.3 cm³/mol. The van der Waals surface area contributed by atoms with Crippen LogP contribution in [0.1, 0.15) is 19.4 Å². The van der Waals surface area contributed by atoms with E-state index in [0.29, 0.717) is 6.04 Å². The van der Waals surface area contributed by atoms with E-state index in [1.165, 1.54) is 16.3 Å². The third-order valence-electron chi connectivity index (χ3n) is 3.36. The molecule has 18 heavy (non-hydrogen) atoms. The average molecular weight is 306 g/mol. The van der Waals surface area contributed by atoms with Crippen LogP contribution >= 0.6 is 15.9 Å². The third kappa shape index (κ3) is 3.12. The normalized spacial score (nSPS) is 11.6. The van der Waals surface area contributed by atoms with E-state index >= 15 is 0 Å². The molecule has 0 aromatic heterocycles. The maximum Gasteiger partial charge on any atom is 0.0242 e. The van der Waals surface area contributed by atoms with Gasteiger partial charge in [-0.3, -0.25) is 4.90 Å². The van der Waals surface area contributed by atoms with Crippen molar-refractivity contribution in [2.45, 2.75) is 26.4 Å². The van der Waals surface area contributed by atoms with Gasteiger partial charge >= 0.3 is 0 Å². The lowest BCUT2D eigenvalue weighted by Gasteiger charge is -2.26. The fourth-order valence-corrected chi connectivity index (χ4v) is 2.73. The van der Waals surface area contributed by atoms with Gasteiger partial charge in [-0.2, -0.15) is 0 Å². The van der Waals surface area contributed by atoms with Crippen molar-refractivity contribution in [3.63, 3.8) is 0 Å². The summed E-state index contributed by atoms with van der Waals surface area (Å²) >= 11 is 3.54. The number of fused-ring (bicyclic) bond motifs is 1. The van der Waals surface area contributed by atoms with Crippen molar-refractivity contribution in [2.24, 2.45) is 0 Å². The van der Waals surface area contributed by atoms with Crippen molar-refractivity contribution < 1.29 is 0 Å². The molecule has 0 spiro atoms. The lowest BCUT2D eigenvalue weighted by molar-refractivity contribution is 0.228. The number of nitrogens with zero attached hydrogens (tertiary/aromatic N) is 1. The van der Waals surface area contributed by atoms with Crippen LogP contribution in [-0.2, 0) is 6.54 Å². The Balaban J connectivity index is 2.30. The van der Waals surface area contributed by atoms with E-state index in [0.717, 1.165) is 18.4 Å². The fraction of sp³-hybridized carbons (Fsp3) is 0.375. The number of benzene rings is 2. The minimum Gasteiger partial charge on any atom is -0.296 e. The Morgan fingerprint density at radius 3 is 2.50 bits per heavy atom. The smallest absolute Gasteiger partial charge is 0.0242 e. The van der Waals surface area contributed by atoms with Crippen LogP contribution in [0.3, 0.4) is 0 Å². The highest BCUT2D eigenvalue weighted by atomic mass is 79.9. The number of halogens is 1. The second kappa shape index (κ2) is 6.35. The zero-order valence-corrected chi connectivity index (χ0v) is 12.7. The molecule has 2 aromatic carbocycles. The summed E-state index contributed by atoms with van der Waals surface area (Å²) in [6.07, 6.45) is 0. The molecule has 96 valence electrons. The molecule has 0 N–H and O–H groups in total. The summed E-state index contributed by atoms with van der Waals surface area (Å²) in [7, 11) is 0. The zero-order chi connectivity index (χ0) is 13.0. The monoisotopic (exact) mass is 305 g/mol. The molecular formula is C16H20BrN. The molecule has 0 unspecified atom stereocenters. The molecule has 0 aliphatic rings. The van der Waals surface area contributed by atoms with Crippen LogP contribution in [0, 0.1) is 0 Å². The van der Waals surface area contributed by atoms with Crippen LogP contribution in [0.2, 0.25) is 0 Å². The van der Waals surface area contributed by atoms with Crippen LogP contribution in [0.15, 0.2) is 42.5 Å². The van der Waals surface area contributed by atoms with Gasteiger partial charge < -0.3 is 0 Å². The zero-order valence-electron chi connectivity index (χ0n) is 11.1. The van der Waals surface area contributed by atoms with Gasteiger partial charge in [-0.25, -0.2) is 0 Å². The first-order valence-electron chi connectivity index (χ1n) is 6.49. The first-order valence-corrected chi connectivity index (χ1v) is 7.61. The van der Waals surface area contributed by atoms with Gasteiger partial charge in [0.2, 0.25) is 0 Å². The van der Waals surface area contributed by atoms with Crippen LogP contribution in [0.25, 0.3) is 10.8 Å². The van der Waals surface area contributed by atoms with Crippen molar-refractivity contribution in [1.82, 2.24) is 4.90 Å². The largest absolute Gasteiger partial charge is 0.296 e. The van der Waals surface area contributed by atoms with Gasteiger partial charge in [0.1, 0.15) is 0 Å². The van der Waals surface area contributed by atoms with E-state index in [4.69, 9.17) is 0 Å². The Morgan fingerprint density at radius 2 is 1.78 bits per heavy atom. The van der Waals surface area contributed by atoms with Crippen molar-refractivity contribution in [2.75, 3.05) is 11.9 Å². The van der Waals surface area contributed by atoms with Crippen molar-refractivity contribution >= 4 is 26.7 Å².